The molecule has 2 heterocycles. The molecule has 0 fully saturated rings. The molecule has 0 bridgehead atoms. The number of ether oxygens (including phenoxy) is 2. The Morgan fingerprint density at radius 1 is 1.14 bits per heavy atom. The number of carbonyl (C=O) groups excluding carboxylic acids is 1. The number of para-hydroxylation sites is 1. The third kappa shape index (κ3) is 3.06. The minimum absolute atomic E-state index is 0.147. The third-order valence-electron chi connectivity index (χ3n) is 5.49. The maximum atomic E-state index is 12.8. The third-order valence-corrected chi connectivity index (χ3v) is 5.49. The molecule has 2 atom stereocenters. The number of methoxy groups -OCH3 is 1. The van der Waals surface area contributed by atoms with Crippen molar-refractivity contribution in [2.45, 2.75) is 44.9 Å². The second kappa shape index (κ2) is 6.99. The number of aromatic nitrogens is 1. The smallest absolute Gasteiger partial charge is 0.323 e. The zero-order valence-electron chi connectivity index (χ0n) is 16.7. The molecule has 5 nitrogen and oxygen atoms in total. The molecule has 2 aromatic carbocycles. The van der Waals surface area contributed by atoms with E-state index in [2.05, 4.69) is 29.4 Å². The number of esters is 1. The molecule has 5 heteroatoms. The summed E-state index contributed by atoms with van der Waals surface area (Å²) in [4.78, 5) is 16.4. The predicted molar refractivity (Wildman–Crippen MR) is 110 cm³/mol. The molecular weight excluding hydrogens is 352 g/mol. The topological polar surface area (TPSA) is 63.4 Å². The van der Waals surface area contributed by atoms with Gasteiger partial charge in [0.1, 0.15) is 11.8 Å². The van der Waals surface area contributed by atoms with Crippen LogP contribution in [0.15, 0.2) is 48.5 Å². The maximum absolute atomic E-state index is 12.8. The number of H-pyrrole nitrogens is 1. The SMILES string of the molecule is COc1ccc([C@@]2(C)N[C@H](C(=O)OC(C)C)Cc3c2[nH]c2ccccc32)cc1. The van der Waals surface area contributed by atoms with Gasteiger partial charge in [-0.1, -0.05) is 30.3 Å². The Bertz CT molecular complexity index is 1010. The van der Waals surface area contributed by atoms with Gasteiger partial charge in [-0.15, -0.1) is 0 Å². The van der Waals surface area contributed by atoms with E-state index in [0.29, 0.717) is 6.42 Å². The molecule has 28 heavy (non-hydrogen) atoms. The van der Waals surface area contributed by atoms with Crippen LogP contribution in [0.25, 0.3) is 10.9 Å². The lowest BCUT2D eigenvalue weighted by Crippen LogP contribution is -2.55. The first-order chi connectivity index (χ1) is 13.4. The van der Waals surface area contributed by atoms with Crippen molar-refractivity contribution < 1.29 is 14.3 Å². The zero-order chi connectivity index (χ0) is 19.9. The summed E-state index contributed by atoms with van der Waals surface area (Å²) >= 11 is 0. The Hall–Kier alpha value is -2.79. The normalized spacial score (nSPS) is 21.5. The number of benzene rings is 2. The van der Waals surface area contributed by atoms with Crippen LogP contribution in [-0.4, -0.2) is 30.2 Å². The first kappa shape index (κ1) is 18.6. The summed E-state index contributed by atoms with van der Waals surface area (Å²) in [6.07, 6.45) is 0.447. The fourth-order valence-corrected chi connectivity index (χ4v) is 4.12. The molecule has 0 saturated heterocycles. The molecule has 1 aliphatic heterocycles. The van der Waals surface area contributed by atoms with E-state index in [4.69, 9.17) is 9.47 Å². The number of nitrogens with one attached hydrogen (secondary N) is 2. The van der Waals surface area contributed by atoms with Crippen molar-refractivity contribution in [3.63, 3.8) is 0 Å². The predicted octanol–water partition coefficient (Wildman–Crippen LogP) is 3.91. The number of hydrogen-bond acceptors (Lipinski definition) is 4. The van der Waals surface area contributed by atoms with Gasteiger partial charge in [0.05, 0.1) is 18.8 Å². The number of rotatable bonds is 4. The van der Waals surface area contributed by atoms with E-state index in [9.17, 15) is 4.79 Å². The number of carbonyl (C=O) groups is 1. The molecule has 0 radical (unpaired) electrons. The summed E-state index contributed by atoms with van der Waals surface area (Å²) in [6.45, 7) is 5.86. The molecule has 3 aromatic rings. The first-order valence-electron chi connectivity index (χ1n) is 9.65. The van der Waals surface area contributed by atoms with Crippen molar-refractivity contribution >= 4 is 16.9 Å². The summed E-state index contributed by atoms with van der Waals surface area (Å²) in [5.41, 5.74) is 3.83. The second-order valence-corrected chi connectivity index (χ2v) is 7.76. The second-order valence-electron chi connectivity index (χ2n) is 7.76. The molecule has 146 valence electrons. The Morgan fingerprint density at radius 3 is 2.54 bits per heavy atom. The van der Waals surface area contributed by atoms with E-state index < -0.39 is 11.6 Å². The molecule has 1 aromatic heterocycles. The number of aromatic amines is 1. The van der Waals surface area contributed by atoms with Crippen LogP contribution in [0.3, 0.4) is 0 Å². The van der Waals surface area contributed by atoms with Crippen molar-refractivity contribution in [3.05, 3.63) is 65.4 Å². The summed E-state index contributed by atoms with van der Waals surface area (Å²) in [5, 5.41) is 4.71. The molecule has 2 N–H and O–H groups in total. The Kier molecular flexibility index (Phi) is 4.63. The van der Waals surface area contributed by atoms with E-state index in [-0.39, 0.29) is 12.1 Å². The molecule has 0 amide bonds. The van der Waals surface area contributed by atoms with Crippen molar-refractivity contribution in [2.75, 3.05) is 7.11 Å². The highest BCUT2D eigenvalue weighted by Gasteiger charge is 2.42. The highest BCUT2D eigenvalue weighted by Crippen LogP contribution is 2.40. The number of hydrogen-bond donors (Lipinski definition) is 2. The summed E-state index contributed by atoms with van der Waals surface area (Å²) in [7, 11) is 1.66. The van der Waals surface area contributed by atoms with E-state index in [1.165, 1.54) is 5.56 Å². The van der Waals surface area contributed by atoms with Crippen molar-refractivity contribution in [1.29, 1.82) is 0 Å². The van der Waals surface area contributed by atoms with Crippen molar-refractivity contribution in [2.24, 2.45) is 0 Å². The summed E-state index contributed by atoms with van der Waals surface area (Å²) in [5.74, 6) is 0.585. The van der Waals surface area contributed by atoms with Gasteiger partial charge in [-0.25, -0.2) is 0 Å². The van der Waals surface area contributed by atoms with Gasteiger partial charge in [0.25, 0.3) is 0 Å². The molecule has 0 spiro atoms. The zero-order valence-corrected chi connectivity index (χ0v) is 16.7. The fourth-order valence-electron chi connectivity index (χ4n) is 4.12. The van der Waals surface area contributed by atoms with Crippen molar-refractivity contribution in [1.82, 2.24) is 10.3 Å². The Morgan fingerprint density at radius 2 is 1.86 bits per heavy atom. The van der Waals surface area contributed by atoms with Crippen LogP contribution in [0.4, 0.5) is 0 Å². The van der Waals surface area contributed by atoms with Crippen molar-refractivity contribution in [3.8, 4) is 5.75 Å². The van der Waals surface area contributed by atoms with Crippen LogP contribution >= 0.6 is 0 Å². The minimum atomic E-state index is -0.556. The quantitative estimate of drug-likeness (QED) is 0.676. The van der Waals surface area contributed by atoms with Crippen LogP contribution in [0, 0.1) is 0 Å². The van der Waals surface area contributed by atoms with Gasteiger partial charge in [-0.3, -0.25) is 10.1 Å². The molecule has 0 aliphatic carbocycles. The summed E-state index contributed by atoms with van der Waals surface area (Å²) in [6, 6.07) is 15.8. The Labute approximate surface area is 165 Å². The van der Waals surface area contributed by atoms with E-state index in [0.717, 1.165) is 27.9 Å². The van der Waals surface area contributed by atoms with Crippen LogP contribution in [-0.2, 0) is 21.5 Å². The largest absolute Gasteiger partial charge is 0.497 e. The molecule has 0 unspecified atom stereocenters. The average molecular weight is 378 g/mol. The number of fused-ring (bicyclic) bond motifs is 3. The van der Waals surface area contributed by atoms with Gasteiger partial charge in [-0.2, -0.15) is 0 Å². The van der Waals surface area contributed by atoms with E-state index >= 15 is 0 Å². The van der Waals surface area contributed by atoms with Gasteiger partial charge in [0.2, 0.25) is 0 Å². The lowest BCUT2D eigenvalue weighted by Gasteiger charge is -2.39. The van der Waals surface area contributed by atoms with E-state index in [1.54, 1.807) is 7.11 Å². The van der Waals surface area contributed by atoms with Gasteiger partial charge in [0, 0.05) is 23.0 Å². The highest BCUT2D eigenvalue weighted by atomic mass is 16.5. The monoisotopic (exact) mass is 378 g/mol. The lowest BCUT2D eigenvalue weighted by atomic mass is 9.80. The highest BCUT2D eigenvalue weighted by molar-refractivity contribution is 5.87. The van der Waals surface area contributed by atoms with Crippen LogP contribution in [0.5, 0.6) is 5.75 Å². The van der Waals surface area contributed by atoms with Crippen LogP contribution in [0.1, 0.15) is 37.6 Å². The standard InChI is InChI=1S/C23H26N2O3/c1-14(2)28-22(26)20-13-18-17-7-5-6-8-19(17)24-21(18)23(3,25-20)15-9-11-16(27-4)12-10-15/h5-12,14,20,24-25H,13H2,1-4H3/t20-,23+/m0/s1. The molecule has 4 rings (SSSR count). The van der Waals surface area contributed by atoms with Gasteiger partial charge >= 0.3 is 5.97 Å². The van der Waals surface area contributed by atoms with Crippen LogP contribution < -0.4 is 10.1 Å². The average Bonchev–Trinajstić information content (AvgIpc) is 3.07. The summed E-state index contributed by atoms with van der Waals surface area (Å²) < 4.78 is 10.8. The van der Waals surface area contributed by atoms with E-state index in [1.807, 2.05) is 50.2 Å². The fraction of sp³-hybridized carbons (Fsp3) is 0.348. The molecule has 1 aliphatic rings. The van der Waals surface area contributed by atoms with Gasteiger partial charge in [0.15, 0.2) is 0 Å². The first-order valence-corrected chi connectivity index (χ1v) is 9.65. The minimum Gasteiger partial charge on any atom is -0.497 e. The van der Waals surface area contributed by atoms with Crippen LogP contribution in [0.2, 0.25) is 0 Å². The molecular formula is C23H26N2O3. The van der Waals surface area contributed by atoms with Gasteiger partial charge < -0.3 is 14.5 Å². The molecule has 0 saturated carbocycles. The lowest BCUT2D eigenvalue weighted by molar-refractivity contribution is -0.150. The maximum Gasteiger partial charge on any atom is 0.323 e. The Balaban J connectivity index is 1.85. The van der Waals surface area contributed by atoms with Gasteiger partial charge in [-0.05, 0) is 50.1 Å².